The summed E-state index contributed by atoms with van der Waals surface area (Å²) < 4.78 is 0. The number of rotatable bonds is 4. The van der Waals surface area contributed by atoms with E-state index in [9.17, 15) is 19.2 Å². The van der Waals surface area contributed by atoms with E-state index in [4.69, 9.17) is 0 Å². The summed E-state index contributed by atoms with van der Waals surface area (Å²) in [5.41, 5.74) is 1.44. The molecule has 0 aromatic heterocycles. The Balaban J connectivity index is 1.56. The lowest BCUT2D eigenvalue weighted by atomic mass is 9.94. The number of hydrogen-bond acceptors (Lipinski definition) is 6. The van der Waals surface area contributed by atoms with Crippen molar-refractivity contribution < 1.29 is 19.2 Å². The fourth-order valence-electron chi connectivity index (χ4n) is 4.24. The summed E-state index contributed by atoms with van der Waals surface area (Å²) in [6.07, 6.45) is 1.37. The Morgan fingerprint density at radius 2 is 1.96 bits per heavy atom. The molecule has 8 nitrogen and oxygen atoms in total. The van der Waals surface area contributed by atoms with E-state index in [2.05, 4.69) is 22.9 Å². The van der Waals surface area contributed by atoms with Crippen molar-refractivity contribution in [2.24, 2.45) is 5.92 Å². The van der Waals surface area contributed by atoms with Crippen molar-refractivity contribution in [2.45, 2.75) is 44.8 Å². The van der Waals surface area contributed by atoms with Crippen molar-refractivity contribution >= 4 is 23.6 Å². The van der Waals surface area contributed by atoms with Crippen LogP contribution in [0.2, 0.25) is 0 Å². The largest absolute Gasteiger partial charge is 0.315 e. The van der Waals surface area contributed by atoms with Crippen LogP contribution in [0.5, 0.6) is 0 Å². The highest BCUT2D eigenvalue weighted by Crippen LogP contribution is 2.30. The zero-order valence-corrected chi connectivity index (χ0v) is 15.8. The molecule has 0 aliphatic carbocycles. The lowest BCUT2D eigenvalue weighted by Crippen LogP contribution is -2.54. The van der Waals surface area contributed by atoms with Gasteiger partial charge in [0.05, 0.1) is 11.1 Å². The summed E-state index contributed by atoms with van der Waals surface area (Å²) >= 11 is 0. The van der Waals surface area contributed by atoms with Crippen LogP contribution in [0.25, 0.3) is 0 Å². The molecular formula is C20H24N4O4. The smallest absolute Gasteiger partial charge is 0.262 e. The van der Waals surface area contributed by atoms with Crippen LogP contribution in [-0.4, -0.2) is 53.7 Å². The van der Waals surface area contributed by atoms with E-state index in [0.29, 0.717) is 29.6 Å². The maximum Gasteiger partial charge on any atom is 0.262 e. The van der Waals surface area contributed by atoms with Gasteiger partial charge in [-0.1, -0.05) is 19.1 Å². The predicted molar refractivity (Wildman–Crippen MR) is 100 cm³/mol. The number of carbonyl (C=O) groups excluding carboxylic acids is 4. The van der Waals surface area contributed by atoms with Crippen LogP contribution in [0.15, 0.2) is 18.2 Å². The average molecular weight is 384 g/mol. The molecule has 3 heterocycles. The van der Waals surface area contributed by atoms with E-state index in [0.717, 1.165) is 30.0 Å². The molecule has 3 atom stereocenters. The Morgan fingerprint density at radius 1 is 1.14 bits per heavy atom. The van der Waals surface area contributed by atoms with Crippen LogP contribution in [0.3, 0.4) is 0 Å². The summed E-state index contributed by atoms with van der Waals surface area (Å²) in [4.78, 5) is 50.5. The molecule has 0 radical (unpaired) electrons. The second kappa shape index (κ2) is 7.44. The minimum absolute atomic E-state index is 0.116. The van der Waals surface area contributed by atoms with E-state index in [1.807, 2.05) is 6.07 Å². The van der Waals surface area contributed by atoms with Crippen molar-refractivity contribution in [2.75, 3.05) is 13.1 Å². The molecule has 148 valence electrons. The number of nitrogens with one attached hydrogen (secondary N) is 3. The first kappa shape index (κ1) is 18.8. The lowest BCUT2D eigenvalue weighted by molar-refractivity contribution is -0.136. The first-order valence-electron chi connectivity index (χ1n) is 9.75. The number of carbonyl (C=O) groups is 4. The zero-order valence-electron chi connectivity index (χ0n) is 15.8. The quantitative estimate of drug-likeness (QED) is 0.639. The fraction of sp³-hybridized carbons (Fsp3) is 0.500. The van der Waals surface area contributed by atoms with Gasteiger partial charge in [0.25, 0.3) is 11.8 Å². The van der Waals surface area contributed by atoms with Gasteiger partial charge in [-0.2, -0.15) is 0 Å². The van der Waals surface area contributed by atoms with Gasteiger partial charge in [-0.05, 0) is 36.9 Å². The number of fused-ring (bicyclic) bond motifs is 1. The van der Waals surface area contributed by atoms with Gasteiger partial charge in [0.2, 0.25) is 11.8 Å². The maximum atomic E-state index is 13.1. The van der Waals surface area contributed by atoms with Gasteiger partial charge in [0.1, 0.15) is 6.04 Å². The van der Waals surface area contributed by atoms with E-state index in [1.54, 1.807) is 12.1 Å². The Morgan fingerprint density at radius 3 is 2.71 bits per heavy atom. The summed E-state index contributed by atoms with van der Waals surface area (Å²) in [7, 11) is 0. The number of imide groups is 2. The molecule has 4 amide bonds. The molecule has 0 spiro atoms. The summed E-state index contributed by atoms with van der Waals surface area (Å²) in [5, 5.41) is 9.08. The van der Waals surface area contributed by atoms with Crippen molar-refractivity contribution in [3.05, 3.63) is 34.9 Å². The first-order chi connectivity index (χ1) is 13.5. The number of piperidine rings is 2. The Bertz CT molecular complexity index is 853. The molecule has 1 aromatic rings. The fourth-order valence-corrected chi connectivity index (χ4v) is 4.24. The van der Waals surface area contributed by atoms with Gasteiger partial charge in [0, 0.05) is 25.6 Å². The highest BCUT2D eigenvalue weighted by molar-refractivity contribution is 6.24. The van der Waals surface area contributed by atoms with Gasteiger partial charge in [-0.25, -0.2) is 0 Å². The molecule has 8 heteroatoms. The zero-order chi connectivity index (χ0) is 19.8. The molecule has 1 aromatic carbocycles. The van der Waals surface area contributed by atoms with Gasteiger partial charge < -0.3 is 10.6 Å². The SMILES string of the molecule is CC1CCNCC1NCc1cccc2c1C(=O)N(C1CCC(=O)NC1=O)C2=O. The van der Waals surface area contributed by atoms with Gasteiger partial charge in [-0.15, -0.1) is 0 Å². The predicted octanol–water partition coefficient (Wildman–Crippen LogP) is 0.175. The summed E-state index contributed by atoms with van der Waals surface area (Å²) in [6.45, 7) is 4.55. The molecule has 3 aliphatic heterocycles. The number of amides is 4. The van der Waals surface area contributed by atoms with Crippen LogP contribution in [-0.2, 0) is 16.1 Å². The molecule has 3 aliphatic rings. The van der Waals surface area contributed by atoms with Gasteiger partial charge in [-0.3, -0.25) is 29.4 Å². The van der Waals surface area contributed by atoms with Gasteiger partial charge in [0.15, 0.2) is 0 Å². The second-order valence-electron chi connectivity index (χ2n) is 7.74. The third-order valence-corrected chi connectivity index (χ3v) is 5.94. The number of benzene rings is 1. The lowest BCUT2D eigenvalue weighted by Gasteiger charge is -2.30. The third kappa shape index (κ3) is 3.22. The van der Waals surface area contributed by atoms with Crippen LogP contribution < -0.4 is 16.0 Å². The van der Waals surface area contributed by atoms with Crippen molar-refractivity contribution in [3.8, 4) is 0 Å². The van der Waals surface area contributed by atoms with Crippen LogP contribution in [0, 0.1) is 5.92 Å². The molecule has 2 fully saturated rings. The molecule has 28 heavy (non-hydrogen) atoms. The minimum Gasteiger partial charge on any atom is -0.315 e. The van der Waals surface area contributed by atoms with Crippen LogP contribution >= 0.6 is 0 Å². The molecule has 2 saturated heterocycles. The van der Waals surface area contributed by atoms with E-state index in [1.165, 1.54) is 0 Å². The number of hydrogen-bond donors (Lipinski definition) is 3. The Labute approximate surface area is 163 Å². The maximum absolute atomic E-state index is 13.1. The normalized spacial score (nSPS) is 27.8. The Hall–Kier alpha value is -2.58. The monoisotopic (exact) mass is 384 g/mol. The second-order valence-corrected chi connectivity index (χ2v) is 7.74. The molecule has 3 unspecified atom stereocenters. The van der Waals surface area contributed by atoms with Crippen molar-refractivity contribution in [1.29, 1.82) is 0 Å². The average Bonchev–Trinajstić information content (AvgIpc) is 2.93. The molecule has 4 rings (SSSR count). The molecule has 0 bridgehead atoms. The first-order valence-corrected chi connectivity index (χ1v) is 9.75. The minimum atomic E-state index is -0.937. The Kier molecular flexibility index (Phi) is 4.99. The highest BCUT2D eigenvalue weighted by Gasteiger charge is 2.45. The van der Waals surface area contributed by atoms with Crippen molar-refractivity contribution in [3.63, 3.8) is 0 Å². The summed E-state index contributed by atoms with van der Waals surface area (Å²) in [5.74, 6) is -1.37. The van der Waals surface area contributed by atoms with Crippen LogP contribution in [0.4, 0.5) is 0 Å². The summed E-state index contributed by atoms with van der Waals surface area (Å²) in [6, 6.07) is 4.58. The molecule has 3 N–H and O–H groups in total. The molecular weight excluding hydrogens is 360 g/mol. The van der Waals surface area contributed by atoms with Crippen LogP contribution in [0.1, 0.15) is 52.5 Å². The van der Waals surface area contributed by atoms with Gasteiger partial charge >= 0.3 is 0 Å². The molecule has 0 saturated carbocycles. The van der Waals surface area contributed by atoms with E-state index < -0.39 is 23.8 Å². The highest BCUT2D eigenvalue weighted by atomic mass is 16.2. The number of nitrogens with zero attached hydrogens (tertiary/aromatic N) is 1. The van der Waals surface area contributed by atoms with E-state index >= 15 is 0 Å². The third-order valence-electron chi connectivity index (χ3n) is 5.94. The van der Waals surface area contributed by atoms with E-state index in [-0.39, 0.29) is 18.7 Å². The topological polar surface area (TPSA) is 108 Å². The van der Waals surface area contributed by atoms with Crippen molar-refractivity contribution in [1.82, 2.24) is 20.9 Å². The standard InChI is InChI=1S/C20H24N4O4/c1-11-7-8-21-10-14(11)22-9-12-3-2-4-13-17(12)20(28)24(19(13)27)15-5-6-16(25)23-18(15)26/h2-4,11,14-15,21-22H,5-10H2,1H3,(H,23,25,26).